The van der Waals surface area contributed by atoms with Crippen molar-refractivity contribution in [2.45, 2.75) is 25.1 Å². The summed E-state index contributed by atoms with van der Waals surface area (Å²) in [6.45, 7) is 1.76. The molecule has 118 valence electrons. The quantitative estimate of drug-likeness (QED) is 0.681. The van der Waals surface area contributed by atoms with Gasteiger partial charge in [0.25, 0.3) is 0 Å². The minimum Gasteiger partial charge on any atom is -0.389 e. The SMILES string of the molecule is CC(CCS(C)=O)NS(=O)(=O)Cc1cccc(C(N)=S)c1. The first kappa shape index (κ1) is 18.2. The molecule has 1 aromatic rings. The molecule has 0 amide bonds. The number of hydrogen-bond acceptors (Lipinski definition) is 4. The van der Waals surface area contributed by atoms with Crippen molar-refractivity contribution in [3.8, 4) is 0 Å². The Morgan fingerprint density at radius 1 is 1.48 bits per heavy atom. The second-order valence-corrected chi connectivity index (χ2v) is 8.66. The molecule has 2 unspecified atom stereocenters. The summed E-state index contributed by atoms with van der Waals surface area (Å²) in [6, 6.07) is 6.60. The largest absolute Gasteiger partial charge is 0.389 e. The van der Waals surface area contributed by atoms with Gasteiger partial charge in [-0.3, -0.25) is 4.21 Å². The van der Waals surface area contributed by atoms with Crippen LogP contribution in [-0.2, 0) is 26.6 Å². The van der Waals surface area contributed by atoms with Crippen LogP contribution < -0.4 is 10.5 Å². The van der Waals surface area contributed by atoms with Crippen LogP contribution in [0, 0.1) is 0 Å². The van der Waals surface area contributed by atoms with Gasteiger partial charge in [-0.05, 0) is 25.0 Å². The molecule has 5 nitrogen and oxygen atoms in total. The lowest BCUT2D eigenvalue weighted by molar-refractivity contribution is 0.555. The Labute approximate surface area is 133 Å². The van der Waals surface area contributed by atoms with Gasteiger partial charge in [-0.2, -0.15) is 0 Å². The lowest BCUT2D eigenvalue weighted by Gasteiger charge is -2.14. The zero-order valence-electron chi connectivity index (χ0n) is 12.0. The molecular formula is C13H20N2O3S3. The molecule has 0 heterocycles. The maximum absolute atomic E-state index is 12.1. The van der Waals surface area contributed by atoms with Crippen molar-refractivity contribution in [1.82, 2.24) is 4.72 Å². The normalized spacial score (nSPS) is 14.6. The maximum Gasteiger partial charge on any atom is 0.216 e. The average molecular weight is 349 g/mol. The van der Waals surface area contributed by atoms with Gasteiger partial charge in [-0.25, -0.2) is 13.1 Å². The highest BCUT2D eigenvalue weighted by molar-refractivity contribution is 7.88. The molecule has 1 aromatic carbocycles. The van der Waals surface area contributed by atoms with Gasteiger partial charge in [0.05, 0.1) is 5.75 Å². The van der Waals surface area contributed by atoms with E-state index in [-0.39, 0.29) is 16.8 Å². The monoisotopic (exact) mass is 348 g/mol. The van der Waals surface area contributed by atoms with E-state index in [0.717, 1.165) is 0 Å². The third-order valence-electron chi connectivity index (χ3n) is 2.79. The molecule has 1 rings (SSSR count). The van der Waals surface area contributed by atoms with Gasteiger partial charge in [-0.15, -0.1) is 0 Å². The third-order valence-corrected chi connectivity index (χ3v) is 5.31. The Morgan fingerprint density at radius 3 is 2.71 bits per heavy atom. The van der Waals surface area contributed by atoms with E-state index in [0.29, 0.717) is 23.3 Å². The van der Waals surface area contributed by atoms with Crippen LogP contribution in [0.3, 0.4) is 0 Å². The Balaban J connectivity index is 2.70. The fraction of sp³-hybridized carbons (Fsp3) is 0.462. The summed E-state index contributed by atoms with van der Waals surface area (Å²) in [7, 11) is -4.38. The van der Waals surface area contributed by atoms with Gasteiger partial charge in [0, 0.05) is 34.4 Å². The predicted octanol–water partition coefficient (Wildman–Crippen LogP) is 0.897. The van der Waals surface area contributed by atoms with E-state index in [2.05, 4.69) is 4.72 Å². The fourth-order valence-corrected chi connectivity index (χ4v) is 4.03. The van der Waals surface area contributed by atoms with Crippen LogP contribution in [0.2, 0.25) is 0 Å². The third kappa shape index (κ3) is 7.12. The van der Waals surface area contributed by atoms with E-state index < -0.39 is 20.8 Å². The average Bonchev–Trinajstić information content (AvgIpc) is 2.35. The van der Waals surface area contributed by atoms with Crippen molar-refractivity contribution in [2.75, 3.05) is 12.0 Å². The molecule has 0 aliphatic rings. The molecule has 0 radical (unpaired) electrons. The van der Waals surface area contributed by atoms with E-state index in [1.807, 2.05) is 0 Å². The van der Waals surface area contributed by atoms with Crippen molar-refractivity contribution < 1.29 is 12.6 Å². The van der Waals surface area contributed by atoms with Crippen molar-refractivity contribution in [2.24, 2.45) is 5.73 Å². The Morgan fingerprint density at radius 2 is 2.14 bits per heavy atom. The topological polar surface area (TPSA) is 89.3 Å². The number of nitrogens with two attached hydrogens (primary N) is 1. The number of hydrogen-bond donors (Lipinski definition) is 2. The summed E-state index contributed by atoms with van der Waals surface area (Å²) >= 11 is 4.88. The first-order chi connectivity index (χ1) is 9.69. The molecule has 2 atom stereocenters. The molecule has 3 N–H and O–H groups in total. The smallest absolute Gasteiger partial charge is 0.216 e. The number of sulfonamides is 1. The van der Waals surface area contributed by atoms with Crippen LogP contribution >= 0.6 is 12.2 Å². The van der Waals surface area contributed by atoms with Crippen molar-refractivity contribution in [1.29, 1.82) is 0 Å². The van der Waals surface area contributed by atoms with Gasteiger partial charge in [0.15, 0.2) is 0 Å². The molecular weight excluding hydrogens is 328 g/mol. The minimum absolute atomic E-state index is 0.136. The Hall–Kier alpha value is -0.830. The molecule has 0 bridgehead atoms. The Bertz CT molecular complexity index is 629. The van der Waals surface area contributed by atoms with E-state index in [4.69, 9.17) is 18.0 Å². The highest BCUT2D eigenvalue weighted by atomic mass is 32.2. The lowest BCUT2D eigenvalue weighted by Crippen LogP contribution is -2.34. The lowest BCUT2D eigenvalue weighted by atomic mass is 10.1. The molecule has 0 spiro atoms. The summed E-state index contributed by atoms with van der Waals surface area (Å²) in [4.78, 5) is 0.237. The molecule has 0 fully saturated rings. The molecule has 0 aromatic heterocycles. The van der Waals surface area contributed by atoms with E-state index in [1.165, 1.54) is 0 Å². The maximum atomic E-state index is 12.1. The van der Waals surface area contributed by atoms with E-state index >= 15 is 0 Å². The van der Waals surface area contributed by atoms with Crippen LogP contribution in [-0.4, -0.2) is 35.7 Å². The molecule has 0 aliphatic carbocycles. The van der Waals surface area contributed by atoms with E-state index in [1.54, 1.807) is 37.4 Å². The number of rotatable bonds is 8. The summed E-state index contributed by atoms with van der Waals surface area (Å²) in [6.07, 6.45) is 2.14. The zero-order chi connectivity index (χ0) is 16.0. The summed E-state index contributed by atoms with van der Waals surface area (Å²) in [5.41, 5.74) is 6.80. The van der Waals surface area contributed by atoms with Crippen LogP contribution in [0.25, 0.3) is 0 Å². The van der Waals surface area contributed by atoms with Crippen LogP contribution in [0.5, 0.6) is 0 Å². The summed E-state index contributed by atoms with van der Waals surface area (Å²) in [5, 5.41) is 0. The van der Waals surface area contributed by atoms with Crippen molar-refractivity contribution in [3.63, 3.8) is 0 Å². The predicted molar refractivity (Wildman–Crippen MR) is 91.1 cm³/mol. The fourth-order valence-electron chi connectivity index (χ4n) is 1.78. The highest BCUT2D eigenvalue weighted by Gasteiger charge is 2.16. The second kappa shape index (κ2) is 7.98. The zero-order valence-corrected chi connectivity index (χ0v) is 14.5. The van der Waals surface area contributed by atoms with Gasteiger partial charge in [0.2, 0.25) is 10.0 Å². The van der Waals surface area contributed by atoms with Gasteiger partial charge >= 0.3 is 0 Å². The number of nitrogens with one attached hydrogen (secondary N) is 1. The highest BCUT2D eigenvalue weighted by Crippen LogP contribution is 2.09. The minimum atomic E-state index is -3.46. The van der Waals surface area contributed by atoms with Crippen LogP contribution in [0.4, 0.5) is 0 Å². The first-order valence-corrected chi connectivity index (χ1v) is 10.2. The van der Waals surface area contributed by atoms with Crippen LogP contribution in [0.15, 0.2) is 24.3 Å². The van der Waals surface area contributed by atoms with E-state index in [9.17, 15) is 12.6 Å². The number of benzene rings is 1. The van der Waals surface area contributed by atoms with Crippen LogP contribution in [0.1, 0.15) is 24.5 Å². The number of thiocarbonyl (C=S) groups is 1. The molecule has 8 heteroatoms. The molecule has 0 aliphatic heterocycles. The Kier molecular flexibility index (Phi) is 6.92. The molecule has 0 saturated heterocycles. The van der Waals surface area contributed by atoms with Crippen molar-refractivity contribution in [3.05, 3.63) is 35.4 Å². The van der Waals surface area contributed by atoms with Gasteiger partial charge < -0.3 is 5.73 Å². The van der Waals surface area contributed by atoms with Gasteiger partial charge in [-0.1, -0.05) is 30.4 Å². The molecule has 21 heavy (non-hydrogen) atoms. The second-order valence-electron chi connectivity index (χ2n) is 4.91. The van der Waals surface area contributed by atoms with Gasteiger partial charge in [0.1, 0.15) is 4.99 Å². The van der Waals surface area contributed by atoms with Crippen molar-refractivity contribution >= 4 is 38.0 Å². The first-order valence-electron chi connectivity index (χ1n) is 6.38. The summed E-state index contributed by atoms with van der Waals surface area (Å²) in [5.74, 6) is 0.337. The standard InChI is InChI=1S/C13H20N2O3S3/c1-10(6-7-20(2)16)15-21(17,18)9-11-4-3-5-12(8-11)13(14)19/h3-5,8,10,15H,6-7,9H2,1-2H3,(H2,14,19). The molecule has 0 saturated carbocycles. The summed E-state index contributed by atoms with van der Waals surface area (Å²) < 4.78 is 37.8.